The fourth-order valence-corrected chi connectivity index (χ4v) is 6.97. The Morgan fingerprint density at radius 2 is 2.00 bits per heavy atom. The lowest BCUT2D eigenvalue weighted by molar-refractivity contribution is -0.137. The van der Waals surface area contributed by atoms with Gasteiger partial charge in [0.15, 0.2) is 17.2 Å². The summed E-state index contributed by atoms with van der Waals surface area (Å²) in [6.07, 6.45) is -3.02. The number of carbonyl (C=O) groups is 1. The number of alkyl halides is 3. The molecular formula is C33H33ClF4N8O. The van der Waals surface area contributed by atoms with Crippen LogP contribution in [0.1, 0.15) is 43.4 Å². The van der Waals surface area contributed by atoms with Gasteiger partial charge in [-0.2, -0.15) is 18.4 Å². The van der Waals surface area contributed by atoms with Crippen molar-refractivity contribution in [1.82, 2.24) is 29.8 Å². The minimum atomic E-state index is -4.93. The van der Waals surface area contributed by atoms with Gasteiger partial charge in [-0.15, -0.1) is 5.10 Å². The fourth-order valence-electron chi connectivity index (χ4n) is 6.79. The molecule has 0 saturated carbocycles. The van der Waals surface area contributed by atoms with Crippen LogP contribution in [0.5, 0.6) is 0 Å². The number of nitrogens with zero attached hydrogens (tertiary/aromatic N) is 8. The molecule has 2 aromatic carbocycles. The highest BCUT2D eigenvalue weighted by Crippen LogP contribution is 2.46. The molecule has 0 aliphatic carbocycles. The van der Waals surface area contributed by atoms with Crippen molar-refractivity contribution < 1.29 is 22.4 Å². The van der Waals surface area contributed by atoms with Gasteiger partial charge in [0.05, 0.1) is 29.6 Å². The van der Waals surface area contributed by atoms with E-state index in [-0.39, 0.29) is 56.9 Å². The summed E-state index contributed by atoms with van der Waals surface area (Å²) in [6, 6.07) is 6.56. The zero-order valence-corrected chi connectivity index (χ0v) is 27.1. The highest BCUT2D eigenvalue weighted by atomic mass is 35.5. The summed E-state index contributed by atoms with van der Waals surface area (Å²) in [7, 11) is 3.91. The third kappa shape index (κ3) is 5.37. The minimum absolute atomic E-state index is 0.0158. The van der Waals surface area contributed by atoms with Crippen LogP contribution in [0.2, 0.25) is 5.02 Å². The average Bonchev–Trinajstić information content (AvgIpc) is 3.46. The lowest BCUT2D eigenvalue weighted by atomic mass is 9.90. The number of benzene rings is 2. The second kappa shape index (κ2) is 11.8. The van der Waals surface area contributed by atoms with Gasteiger partial charge in [-0.1, -0.05) is 35.5 Å². The van der Waals surface area contributed by atoms with Crippen molar-refractivity contribution in [3.05, 3.63) is 58.9 Å². The van der Waals surface area contributed by atoms with Gasteiger partial charge in [0, 0.05) is 41.6 Å². The molecule has 14 heteroatoms. The van der Waals surface area contributed by atoms with Crippen LogP contribution < -0.4 is 4.90 Å². The summed E-state index contributed by atoms with van der Waals surface area (Å²) < 4.78 is 62.9. The topological polar surface area (TPSA) is 94.2 Å². The molecule has 0 radical (unpaired) electrons. The predicted octanol–water partition coefficient (Wildman–Crippen LogP) is 6.54. The zero-order valence-electron chi connectivity index (χ0n) is 26.4. The van der Waals surface area contributed by atoms with Gasteiger partial charge in [0.1, 0.15) is 11.0 Å². The summed E-state index contributed by atoms with van der Waals surface area (Å²) >= 11 is 6.29. The van der Waals surface area contributed by atoms with Gasteiger partial charge >= 0.3 is 6.18 Å². The van der Waals surface area contributed by atoms with Crippen molar-refractivity contribution in [1.29, 1.82) is 5.26 Å². The van der Waals surface area contributed by atoms with Crippen molar-refractivity contribution >= 4 is 45.3 Å². The Kier molecular flexibility index (Phi) is 8.17. The summed E-state index contributed by atoms with van der Waals surface area (Å²) in [6.45, 7) is 8.50. The molecule has 0 unspecified atom stereocenters. The van der Waals surface area contributed by atoms with E-state index in [1.165, 1.54) is 29.0 Å². The second-order valence-corrected chi connectivity index (χ2v) is 13.2. The first kappa shape index (κ1) is 32.7. The molecule has 4 aromatic rings. The van der Waals surface area contributed by atoms with Crippen LogP contribution in [0.4, 0.5) is 23.4 Å². The monoisotopic (exact) mass is 668 g/mol. The molecule has 2 fully saturated rings. The standard InChI is InChI=1S/C33H33ClF4N8O/c1-6-25(47)45-13-11-20(14-19(45)10-12-39)46-30-22-15-23(33(36,37)38)26(21-8-7-9-24(34)18(21)2)27(35)28(22)40-31(29(30)41-42-46)44-16-32(3,17-44)43(4)5/h6-9,15,19-20H,1,10-11,13-14,16-17H2,2-5H3/t19-,20+/m1/s1. The lowest BCUT2D eigenvalue weighted by Crippen LogP contribution is -2.67. The molecule has 6 rings (SSSR count). The first-order chi connectivity index (χ1) is 22.2. The number of aromatic nitrogens is 4. The molecule has 1 amide bonds. The number of likely N-dealkylation sites (N-methyl/N-ethyl adjacent to an activating group) is 1. The maximum Gasteiger partial charge on any atom is 0.417 e. The van der Waals surface area contributed by atoms with Crippen molar-refractivity contribution in [3.8, 4) is 17.2 Å². The molecule has 0 bridgehead atoms. The number of nitriles is 1. The Balaban J connectivity index is 1.62. The number of rotatable bonds is 6. The number of carbonyl (C=O) groups excluding carboxylic acids is 1. The average molecular weight is 669 g/mol. The predicted molar refractivity (Wildman–Crippen MR) is 171 cm³/mol. The van der Waals surface area contributed by atoms with E-state index in [9.17, 15) is 23.2 Å². The Hall–Kier alpha value is -4.28. The van der Waals surface area contributed by atoms with E-state index in [4.69, 9.17) is 11.6 Å². The fraction of sp³-hybridized carbons (Fsp3) is 0.424. The molecule has 4 heterocycles. The molecule has 0 N–H and O–H groups in total. The molecule has 2 saturated heterocycles. The second-order valence-electron chi connectivity index (χ2n) is 12.8. The molecule has 9 nitrogen and oxygen atoms in total. The first-order valence-electron chi connectivity index (χ1n) is 15.2. The van der Waals surface area contributed by atoms with E-state index in [2.05, 4.69) is 39.8 Å². The number of likely N-dealkylation sites (tertiary alicyclic amines) is 1. The summed E-state index contributed by atoms with van der Waals surface area (Å²) in [5, 5.41) is 18.5. The van der Waals surface area contributed by atoms with E-state index >= 15 is 4.39 Å². The van der Waals surface area contributed by atoms with Gasteiger partial charge in [0.2, 0.25) is 5.91 Å². The SMILES string of the molecule is C=CC(=O)N1CC[C@H](n2nnc3c(N4CC(C)(N(C)C)C4)nc4c(F)c(-c5cccc(Cl)c5C)c(C(F)(F)F)cc4c32)C[C@H]1CC#N. The number of halogens is 5. The normalized spacial score (nSPS) is 19.7. The number of fused-ring (bicyclic) bond motifs is 3. The first-order valence-corrected chi connectivity index (χ1v) is 15.5. The van der Waals surface area contributed by atoms with Crippen molar-refractivity contribution in [2.45, 2.75) is 56.9 Å². The molecule has 0 spiro atoms. The third-order valence-corrected chi connectivity index (χ3v) is 10.1. The zero-order chi connectivity index (χ0) is 34.0. The van der Waals surface area contributed by atoms with Crippen LogP contribution in [0.3, 0.4) is 0 Å². The smallest absolute Gasteiger partial charge is 0.351 e. The van der Waals surface area contributed by atoms with Crippen LogP contribution in [0.25, 0.3) is 33.1 Å². The maximum atomic E-state index is 16.9. The lowest BCUT2D eigenvalue weighted by Gasteiger charge is -2.52. The van der Waals surface area contributed by atoms with Crippen LogP contribution >= 0.6 is 11.6 Å². The molecule has 2 atom stereocenters. The molecule has 2 aromatic heterocycles. The summed E-state index contributed by atoms with van der Waals surface area (Å²) in [5.41, 5.74) is -1.48. The van der Waals surface area contributed by atoms with E-state index < -0.39 is 35.2 Å². The number of pyridine rings is 1. The molecule has 246 valence electrons. The van der Waals surface area contributed by atoms with E-state index in [0.29, 0.717) is 37.3 Å². The van der Waals surface area contributed by atoms with Crippen LogP contribution in [-0.2, 0) is 11.0 Å². The Morgan fingerprint density at radius 3 is 2.64 bits per heavy atom. The van der Waals surface area contributed by atoms with Crippen molar-refractivity contribution in [2.24, 2.45) is 0 Å². The van der Waals surface area contributed by atoms with Crippen LogP contribution in [0, 0.1) is 24.1 Å². The highest BCUT2D eigenvalue weighted by Gasteiger charge is 2.44. The number of hydrogen-bond donors (Lipinski definition) is 0. The van der Waals surface area contributed by atoms with E-state index in [1.54, 1.807) is 11.8 Å². The number of hydrogen-bond acceptors (Lipinski definition) is 7. The van der Waals surface area contributed by atoms with Crippen molar-refractivity contribution in [2.75, 3.05) is 38.6 Å². The largest absolute Gasteiger partial charge is 0.417 e. The van der Waals surface area contributed by atoms with Gasteiger partial charge < -0.3 is 14.7 Å². The third-order valence-electron chi connectivity index (χ3n) is 9.72. The minimum Gasteiger partial charge on any atom is -0.351 e. The van der Waals surface area contributed by atoms with Gasteiger partial charge in [-0.05, 0) is 70.1 Å². The number of piperidine rings is 1. The number of anilines is 1. The highest BCUT2D eigenvalue weighted by molar-refractivity contribution is 6.31. The Morgan fingerprint density at radius 1 is 1.28 bits per heavy atom. The molecule has 2 aliphatic heterocycles. The van der Waals surface area contributed by atoms with Gasteiger partial charge in [-0.3, -0.25) is 4.79 Å². The number of amides is 1. The molecule has 2 aliphatic rings. The summed E-state index contributed by atoms with van der Waals surface area (Å²) in [5.74, 6) is -1.12. The van der Waals surface area contributed by atoms with Crippen molar-refractivity contribution in [3.63, 3.8) is 0 Å². The molecular weight excluding hydrogens is 636 g/mol. The van der Waals surface area contributed by atoms with Gasteiger partial charge in [-0.25, -0.2) is 14.1 Å². The summed E-state index contributed by atoms with van der Waals surface area (Å²) in [4.78, 5) is 22.8. The van der Waals surface area contributed by atoms with E-state index in [0.717, 1.165) is 6.07 Å². The Labute approximate surface area is 274 Å². The maximum absolute atomic E-state index is 16.9. The van der Waals surface area contributed by atoms with E-state index in [1.807, 2.05) is 19.0 Å². The van der Waals surface area contributed by atoms with Crippen LogP contribution in [-0.4, -0.2) is 81.0 Å². The van der Waals surface area contributed by atoms with Crippen LogP contribution in [0.15, 0.2) is 36.9 Å². The molecule has 47 heavy (non-hydrogen) atoms. The van der Waals surface area contributed by atoms with Gasteiger partial charge in [0.25, 0.3) is 0 Å². The quantitative estimate of drug-likeness (QED) is 0.170. The Bertz CT molecular complexity index is 1960.